The number of ether oxygens (including phenoxy) is 1. The molecule has 3 aromatic rings. The zero-order valence-electron chi connectivity index (χ0n) is 21.6. The van der Waals surface area contributed by atoms with Crippen LogP contribution in [0.4, 0.5) is 5.69 Å². The zero-order valence-corrected chi connectivity index (χ0v) is 22.4. The third-order valence-electron chi connectivity index (χ3n) is 8.62. The van der Waals surface area contributed by atoms with Crippen LogP contribution in [0.15, 0.2) is 48.5 Å². The topological polar surface area (TPSA) is 62.7 Å². The van der Waals surface area contributed by atoms with E-state index in [2.05, 4.69) is 23.1 Å². The Morgan fingerprint density at radius 1 is 0.974 bits per heavy atom. The molecule has 0 atom stereocenters. The number of Topliss-reactive ketones (excluding diaryl/α,β-unsaturated/α-hetero) is 1. The number of hydrogen-bond acceptors (Lipinski definition) is 6. The maximum Gasteiger partial charge on any atom is 0.276 e. The van der Waals surface area contributed by atoms with Gasteiger partial charge in [-0.15, -0.1) is 11.3 Å². The molecule has 1 amide bonds. The standard InChI is InChI=1S/C31H33N3O3S/c35-28(16-20-8-9-20)29-17-22-12-15-34(27-7-2-1-4-24(27)30(22)38-29)31(36)26-6-3-5-25(32-26)21-10-13-33(14-11-21)23-18-37-19-23/h1-7,17,20-21,23H,8-16,18-19H2. The fraction of sp³-hybridized carbons (Fsp3) is 0.452. The molecule has 6 nitrogen and oxygen atoms in total. The molecular weight excluding hydrogens is 494 g/mol. The smallest absolute Gasteiger partial charge is 0.276 e. The molecule has 196 valence electrons. The minimum Gasteiger partial charge on any atom is -0.378 e. The Bertz CT molecular complexity index is 1370. The van der Waals surface area contributed by atoms with E-state index in [1.54, 1.807) is 11.3 Å². The van der Waals surface area contributed by atoms with Crippen molar-refractivity contribution in [2.24, 2.45) is 5.92 Å². The normalized spacial score (nSPS) is 20.4. The van der Waals surface area contributed by atoms with E-state index in [1.165, 1.54) is 18.4 Å². The fourth-order valence-corrected chi connectivity index (χ4v) is 7.25. The van der Waals surface area contributed by atoms with Gasteiger partial charge < -0.3 is 9.64 Å². The number of anilines is 1. The monoisotopic (exact) mass is 527 g/mol. The highest BCUT2D eigenvalue weighted by Gasteiger charge is 2.32. The lowest BCUT2D eigenvalue weighted by Crippen LogP contribution is -2.51. The summed E-state index contributed by atoms with van der Waals surface area (Å²) in [7, 11) is 0. The molecule has 2 aromatic heterocycles. The van der Waals surface area contributed by atoms with Crippen molar-refractivity contribution in [3.63, 3.8) is 0 Å². The SMILES string of the molecule is O=C(CC1CC1)c1cc2c(s1)-c1ccccc1N(C(=O)c1cccc(C3CCN(C4COC4)CC3)n1)CC2. The van der Waals surface area contributed by atoms with Crippen molar-refractivity contribution in [2.75, 3.05) is 37.7 Å². The second-order valence-corrected chi connectivity index (χ2v) is 12.3. The van der Waals surface area contributed by atoms with Crippen molar-refractivity contribution in [2.45, 2.75) is 50.5 Å². The number of carbonyl (C=O) groups excluding carboxylic acids is 2. The van der Waals surface area contributed by atoms with Crippen LogP contribution in [0.5, 0.6) is 0 Å². The Morgan fingerprint density at radius 2 is 1.79 bits per heavy atom. The predicted molar refractivity (Wildman–Crippen MR) is 149 cm³/mol. The molecule has 1 aromatic carbocycles. The number of para-hydroxylation sites is 1. The van der Waals surface area contributed by atoms with Crippen LogP contribution in [0.3, 0.4) is 0 Å². The van der Waals surface area contributed by atoms with Crippen LogP contribution in [0.2, 0.25) is 0 Å². The minimum absolute atomic E-state index is 0.0523. The van der Waals surface area contributed by atoms with E-state index in [0.717, 1.165) is 72.3 Å². The number of carbonyl (C=O) groups is 2. The number of nitrogens with zero attached hydrogens (tertiary/aromatic N) is 3. The van der Waals surface area contributed by atoms with Gasteiger partial charge >= 0.3 is 0 Å². The molecular formula is C31H33N3O3S. The first-order valence-corrected chi connectivity index (χ1v) is 14.8. The van der Waals surface area contributed by atoms with Gasteiger partial charge in [-0.25, -0.2) is 4.98 Å². The molecule has 2 saturated heterocycles. The van der Waals surface area contributed by atoms with Crippen molar-refractivity contribution >= 4 is 28.7 Å². The van der Waals surface area contributed by atoms with Crippen LogP contribution in [-0.4, -0.2) is 60.5 Å². The summed E-state index contributed by atoms with van der Waals surface area (Å²) in [6.45, 7) is 4.41. The largest absolute Gasteiger partial charge is 0.378 e. The molecule has 0 N–H and O–H groups in total. The summed E-state index contributed by atoms with van der Waals surface area (Å²) >= 11 is 1.59. The van der Waals surface area contributed by atoms with Crippen molar-refractivity contribution in [3.8, 4) is 10.4 Å². The van der Waals surface area contributed by atoms with Gasteiger partial charge in [0.1, 0.15) is 5.69 Å². The molecule has 3 aliphatic heterocycles. The number of amides is 1. The van der Waals surface area contributed by atoms with Gasteiger partial charge in [-0.3, -0.25) is 14.5 Å². The average molecular weight is 528 g/mol. The maximum absolute atomic E-state index is 13.9. The van der Waals surface area contributed by atoms with E-state index in [-0.39, 0.29) is 11.7 Å². The van der Waals surface area contributed by atoms with E-state index < -0.39 is 0 Å². The summed E-state index contributed by atoms with van der Waals surface area (Å²) in [5.41, 5.74) is 4.65. The van der Waals surface area contributed by atoms with Crippen LogP contribution < -0.4 is 4.90 Å². The summed E-state index contributed by atoms with van der Waals surface area (Å²) in [6.07, 6.45) is 5.89. The second kappa shape index (κ2) is 10.0. The molecule has 3 fully saturated rings. The lowest BCUT2D eigenvalue weighted by Gasteiger charge is -2.41. The number of hydrogen-bond donors (Lipinski definition) is 0. The summed E-state index contributed by atoms with van der Waals surface area (Å²) in [4.78, 5) is 38.1. The van der Waals surface area contributed by atoms with Gasteiger partial charge in [-0.1, -0.05) is 24.3 Å². The Kier molecular flexibility index (Phi) is 6.38. The average Bonchev–Trinajstić information content (AvgIpc) is 3.66. The van der Waals surface area contributed by atoms with Gasteiger partial charge in [0.25, 0.3) is 5.91 Å². The lowest BCUT2D eigenvalue weighted by atomic mass is 9.92. The van der Waals surface area contributed by atoms with Crippen LogP contribution in [0.25, 0.3) is 10.4 Å². The van der Waals surface area contributed by atoms with Crippen molar-refractivity contribution in [1.29, 1.82) is 0 Å². The first-order valence-electron chi connectivity index (χ1n) is 14.0. The highest BCUT2D eigenvalue weighted by atomic mass is 32.1. The molecule has 0 bridgehead atoms. The van der Waals surface area contributed by atoms with Gasteiger partial charge in [-0.2, -0.15) is 0 Å². The van der Waals surface area contributed by atoms with Crippen molar-refractivity contribution in [1.82, 2.24) is 9.88 Å². The number of pyridine rings is 1. The highest BCUT2D eigenvalue weighted by Crippen LogP contribution is 2.43. The Balaban J connectivity index is 1.12. The fourth-order valence-electron chi connectivity index (χ4n) is 6.06. The zero-order chi connectivity index (χ0) is 25.6. The number of thiophene rings is 1. The summed E-state index contributed by atoms with van der Waals surface area (Å²) < 4.78 is 5.37. The molecule has 0 radical (unpaired) electrons. The molecule has 0 spiro atoms. The van der Waals surface area contributed by atoms with Crippen molar-refractivity contribution in [3.05, 3.63) is 70.4 Å². The van der Waals surface area contributed by atoms with Crippen molar-refractivity contribution < 1.29 is 14.3 Å². The van der Waals surface area contributed by atoms with Gasteiger partial charge in [0.2, 0.25) is 0 Å². The van der Waals surface area contributed by atoms with Gasteiger partial charge in [0.15, 0.2) is 5.78 Å². The van der Waals surface area contributed by atoms with Gasteiger partial charge in [0.05, 0.1) is 29.8 Å². The van der Waals surface area contributed by atoms with Gasteiger partial charge in [-0.05, 0) is 80.9 Å². The summed E-state index contributed by atoms with van der Waals surface area (Å²) in [6, 6.07) is 16.7. The van der Waals surface area contributed by atoms with E-state index in [1.807, 2.05) is 35.2 Å². The Labute approximate surface area is 227 Å². The predicted octanol–water partition coefficient (Wildman–Crippen LogP) is 5.57. The number of rotatable bonds is 6. The number of aromatic nitrogens is 1. The molecule has 4 aliphatic rings. The quantitative estimate of drug-likeness (QED) is 0.392. The first kappa shape index (κ1) is 24.2. The third-order valence-corrected chi connectivity index (χ3v) is 9.87. The molecule has 5 heterocycles. The number of fused-ring (bicyclic) bond motifs is 3. The van der Waals surface area contributed by atoms with E-state index in [9.17, 15) is 9.59 Å². The Morgan fingerprint density at radius 3 is 2.55 bits per heavy atom. The number of benzene rings is 1. The summed E-state index contributed by atoms with van der Waals surface area (Å²) in [5, 5.41) is 0. The maximum atomic E-state index is 13.9. The lowest BCUT2D eigenvalue weighted by molar-refractivity contribution is -0.0713. The number of piperidine rings is 1. The number of ketones is 1. The highest BCUT2D eigenvalue weighted by molar-refractivity contribution is 7.17. The molecule has 7 heteroatoms. The van der Waals surface area contributed by atoms with E-state index in [4.69, 9.17) is 9.72 Å². The van der Waals surface area contributed by atoms with Crippen LogP contribution in [-0.2, 0) is 11.2 Å². The summed E-state index contributed by atoms with van der Waals surface area (Å²) in [5.74, 6) is 1.18. The van der Waals surface area contributed by atoms with Crippen LogP contribution in [0, 0.1) is 5.92 Å². The molecule has 1 saturated carbocycles. The van der Waals surface area contributed by atoms with Crippen LogP contribution in [0.1, 0.15) is 69.4 Å². The molecule has 7 rings (SSSR count). The van der Waals surface area contributed by atoms with Crippen LogP contribution >= 0.6 is 11.3 Å². The Hall–Kier alpha value is -2.87. The van der Waals surface area contributed by atoms with E-state index in [0.29, 0.717) is 36.5 Å². The van der Waals surface area contributed by atoms with E-state index >= 15 is 0 Å². The molecule has 0 unspecified atom stereocenters. The minimum atomic E-state index is -0.0523. The molecule has 1 aliphatic carbocycles. The third kappa shape index (κ3) is 4.61. The first-order chi connectivity index (χ1) is 18.6. The number of likely N-dealkylation sites (tertiary alicyclic amines) is 1. The molecule has 38 heavy (non-hydrogen) atoms. The van der Waals surface area contributed by atoms with Gasteiger partial charge in [0, 0.05) is 35.0 Å². The second-order valence-electron chi connectivity index (χ2n) is 11.2.